The van der Waals surface area contributed by atoms with Crippen molar-refractivity contribution in [3.63, 3.8) is 0 Å². The van der Waals surface area contributed by atoms with Crippen LogP contribution in [0.25, 0.3) is 0 Å². The normalized spacial score (nSPS) is 18.0. The third-order valence-electron chi connectivity index (χ3n) is 5.21. The van der Waals surface area contributed by atoms with Gasteiger partial charge < -0.3 is 9.74 Å². The fraction of sp³-hybridized carbons (Fsp3) is 0.318. The zero-order valence-corrected chi connectivity index (χ0v) is 16.8. The Morgan fingerprint density at radius 2 is 1.54 bits per heavy atom. The van der Waals surface area contributed by atoms with Gasteiger partial charge in [0, 0.05) is 24.6 Å². The van der Waals surface area contributed by atoms with E-state index in [1.165, 1.54) is 10.4 Å². The number of carbonyl (C=O) groups is 1. The highest BCUT2D eigenvalue weighted by atomic mass is 28.4. The second-order valence-electron chi connectivity index (χ2n) is 7.91. The highest BCUT2D eigenvalue weighted by molar-refractivity contribution is 6.99. The fourth-order valence-corrected chi connectivity index (χ4v) is 8.39. The molecule has 136 valence electrons. The largest absolute Gasteiger partial charge is 0.407 e. The minimum Gasteiger partial charge on any atom is -0.407 e. The summed E-state index contributed by atoms with van der Waals surface area (Å²) in [4.78, 5) is 11.8. The van der Waals surface area contributed by atoms with Crippen LogP contribution in [0.3, 0.4) is 0 Å². The molecule has 1 saturated heterocycles. The van der Waals surface area contributed by atoms with Crippen molar-refractivity contribution < 1.29 is 9.22 Å². The summed E-state index contributed by atoms with van der Waals surface area (Å²) < 4.78 is 6.85. The van der Waals surface area contributed by atoms with E-state index < -0.39 is 8.32 Å². The first-order valence-electron chi connectivity index (χ1n) is 9.08. The number of amides is 1. The summed E-state index contributed by atoms with van der Waals surface area (Å²) in [5.74, 6) is -0.0230. The first kappa shape index (κ1) is 18.6. The molecule has 0 spiro atoms. The van der Waals surface area contributed by atoms with E-state index in [0.717, 1.165) is 0 Å². The molecule has 1 unspecified atom stereocenters. The molecule has 1 heterocycles. The summed E-state index contributed by atoms with van der Waals surface area (Å²) in [5, 5.41) is 5.31. The molecule has 1 fully saturated rings. The van der Waals surface area contributed by atoms with Crippen molar-refractivity contribution in [3.8, 4) is 0 Å². The molecule has 0 radical (unpaired) electrons. The zero-order chi connectivity index (χ0) is 18.8. The lowest BCUT2D eigenvalue weighted by Gasteiger charge is -2.43. The average molecular weight is 366 g/mol. The van der Waals surface area contributed by atoms with Crippen molar-refractivity contribution in [2.75, 3.05) is 13.2 Å². The average Bonchev–Trinajstić information content (AvgIpc) is 2.95. The molecule has 1 amide bonds. The van der Waals surface area contributed by atoms with Gasteiger partial charge in [0.05, 0.1) is 0 Å². The van der Waals surface area contributed by atoms with E-state index in [1.54, 1.807) is 0 Å². The maximum absolute atomic E-state index is 11.8. The smallest absolute Gasteiger partial charge is 0.261 e. The molecule has 0 aliphatic carbocycles. The zero-order valence-electron chi connectivity index (χ0n) is 15.8. The van der Waals surface area contributed by atoms with E-state index in [9.17, 15) is 4.79 Å². The van der Waals surface area contributed by atoms with Crippen LogP contribution >= 0.6 is 0 Å². The summed E-state index contributed by atoms with van der Waals surface area (Å²) in [5.41, 5.74) is 0.628. The number of benzene rings is 2. The summed E-state index contributed by atoms with van der Waals surface area (Å²) in [6.45, 7) is 11.8. The molecule has 1 aliphatic heterocycles. The quantitative estimate of drug-likeness (QED) is 0.654. The van der Waals surface area contributed by atoms with E-state index >= 15 is 0 Å². The molecule has 1 aliphatic rings. The van der Waals surface area contributed by atoms with Gasteiger partial charge in [0.15, 0.2) is 0 Å². The van der Waals surface area contributed by atoms with Gasteiger partial charge in [0.2, 0.25) is 5.91 Å². The van der Waals surface area contributed by atoms with Gasteiger partial charge >= 0.3 is 0 Å². The van der Waals surface area contributed by atoms with E-state index in [-0.39, 0.29) is 16.9 Å². The van der Waals surface area contributed by atoms with Crippen molar-refractivity contribution >= 4 is 24.6 Å². The van der Waals surface area contributed by atoms with Crippen LogP contribution in [0, 0.1) is 5.92 Å². The van der Waals surface area contributed by atoms with Crippen LogP contribution in [-0.4, -0.2) is 27.4 Å². The van der Waals surface area contributed by atoms with Crippen LogP contribution in [0.5, 0.6) is 0 Å². The van der Waals surface area contributed by atoms with E-state index in [0.29, 0.717) is 18.7 Å². The standard InChI is InChI=1S/C22H27NO2Si/c1-17-18(15-23-21(17)24)16-25-26(22(2,3)4,19-11-7-5-8-12-19)20-13-9-6-10-14-20/h5-14,18H,1,15-16H2,2-4H3,(H,23,24). The number of hydrogen-bond acceptors (Lipinski definition) is 2. The molecule has 3 nitrogen and oxygen atoms in total. The molecular weight excluding hydrogens is 338 g/mol. The molecule has 0 aromatic heterocycles. The third kappa shape index (κ3) is 3.27. The third-order valence-corrected chi connectivity index (χ3v) is 10.2. The second-order valence-corrected chi connectivity index (χ2v) is 12.2. The van der Waals surface area contributed by atoms with Crippen molar-refractivity contribution in [2.45, 2.75) is 25.8 Å². The Hall–Kier alpha value is -2.17. The summed E-state index contributed by atoms with van der Waals surface area (Å²) >= 11 is 0. The number of nitrogens with one attached hydrogen (secondary N) is 1. The van der Waals surface area contributed by atoms with Crippen LogP contribution in [0.2, 0.25) is 5.04 Å². The van der Waals surface area contributed by atoms with Crippen LogP contribution in [0.1, 0.15) is 20.8 Å². The monoisotopic (exact) mass is 365 g/mol. The highest BCUT2D eigenvalue weighted by Crippen LogP contribution is 2.37. The molecule has 4 heteroatoms. The topological polar surface area (TPSA) is 38.3 Å². The molecule has 0 bridgehead atoms. The van der Waals surface area contributed by atoms with Gasteiger partial charge in [0.1, 0.15) is 0 Å². The van der Waals surface area contributed by atoms with Crippen molar-refractivity contribution in [1.29, 1.82) is 0 Å². The minimum atomic E-state index is -2.55. The maximum Gasteiger partial charge on any atom is 0.261 e. The summed E-state index contributed by atoms with van der Waals surface area (Å²) in [7, 11) is -2.55. The van der Waals surface area contributed by atoms with Crippen molar-refractivity contribution in [2.24, 2.45) is 5.92 Å². The Bertz CT molecular complexity index is 741. The molecule has 0 saturated carbocycles. The number of rotatable bonds is 5. The van der Waals surface area contributed by atoms with Gasteiger partial charge in [-0.2, -0.15) is 0 Å². The Morgan fingerprint density at radius 1 is 1.04 bits per heavy atom. The Kier molecular flexibility index (Phi) is 5.16. The molecule has 1 atom stereocenters. The first-order valence-corrected chi connectivity index (χ1v) is 11.0. The summed E-state index contributed by atoms with van der Waals surface area (Å²) in [6.07, 6.45) is 0. The minimum absolute atomic E-state index is 0.0316. The van der Waals surface area contributed by atoms with Gasteiger partial charge in [-0.25, -0.2) is 0 Å². The van der Waals surface area contributed by atoms with Gasteiger partial charge in [-0.1, -0.05) is 88.0 Å². The van der Waals surface area contributed by atoms with Crippen molar-refractivity contribution in [1.82, 2.24) is 5.32 Å². The van der Waals surface area contributed by atoms with Gasteiger partial charge in [-0.15, -0.1) is 0 Å². The molecule has 1 N–H and O–H groups in total. The second kappa shape index (κ2) is 7.21. The predicted octanol–water partition coefficient (Wildman–Crippen LogP) is 2.87. The first-order chi connectivity index (χ1) is 12.4. The Balaban J connectivity index is 2.06. The van der Waals surface area contributed by atoms with Gasteiger partial charge in [0.25, 0.3) is 8.32 Å². The van der Waals surface area contributed by atoms with Gasteiger partial charge in [-0.05, 0) is 15.4 Å². The Labute approximate surface area is 157 Å². The molecule has 3 rings (SSSR count). The molecular formula is C22H27NO2Si. The molecule has 2 aromatic carbocycles. The summed E-state index contributed by atoms with van der Waals surface area (Å²) in [6, 6.07) is 21.1. The van der Waals surface area contributed by atoms with Crippen LogP contribution in [0.15, 0.2) is 72.8 Å². The number of hydrogen-bond donors (Lipinski definition) is 1. The Morgan fingerprint density at radius 3 is 1.92 bits per heavy atom. The van der Waals surface area contributed by atoms with Crippen LogP contribution in [0.4, 0.5) is 0 Å². The lowest BCUT2D eigenvalue weighted by Crippen LogP contribution is -2.67. The van der Waals surface area contributed by atoms with Gasteiger partial charge in [-0.3, -0.25) is 4.79 Å². The highest BCUT2D eigenvalue weighted by Gasteiger charge is 2.50. The lowest BCUT2D eigenvalue weighted by molar-refractivity contribution is -0.116. The van der Waals surface area contributed by atoms with Crippen molar-refractivity contribution in [3.05, 3.63) is 72.8 Å². The fourth-order valence-electron chi connectivity index (χ4n) is 3.78. The van der Waals surface area contributed by atoms with E-state index in [1.807, 2.05) is 12.1 Å². The molecule has 2 aromatic rings. The van der Waals surface area contributed by atoms with E-state index in [4.69, 9.17) is 4.43 Å². The van der Waals surface area contributed by atoms with Crippen LogP contribution < -0.4 is 15.7 Å². The SMILES string of the molecule is C=C1C(=O)NCC1CO[Si](c1ccccc1)(c1ccccc1)C(C)(C)C. The van der Waals surface area contributed by atoms with E-state index in [2.05, 4.69) is 81.2 Å². The lowest BCUT2D eigenvalue weighted by atomic mass is 10.1. The maximum atomic E-state index is 11.8. The van der Waals surface area contributed by atoms with Crippen LogP contribution in [-0.2, 0) is 9.22 Å². The number of carbonyl (C=O) groups excluding carboxylic acids is 1. The predicted molar refractivity (Wildman–Crippen MR) is 109 cm³/mol. The molecule has 26 heavy (non-hydrogen) atoms.